The summed E-state index contributed by atoms with van der Waals surface area (Å²) in [4.78, 5) is 14.5. The lowest BCUT2D eigenvalue weighted by molar-refractivity contribution is -0.167. The average molecular weight is 288 g/mol. The first-order valence-corrected chi connectivity index (χ1v) is 7.76. The first-order valence-electron chi connectivity index (χ1n) is 7.76. The number of carbonyl (C=O) groups excluding carboxylic acids is 1. The summed E-state index contributed by atoms with van der Waals surface area (Å²) in [6.45, 7) is 7.59. The minimum Gasteiger partial charge on any atom is -0.446 e. The number of anilines is 1. The average Bonchev–Trinajstić information content (AvgIpc) is 3.03. The lowest BCUT2D eigenvalue weighted by Crippen LogP contribution is -2.39. The molecule has 21 heavy (non-hydrogen) atoms. The van der Waals surface area contributed by atoms with Crippen LogP contribution >= 0.6 is 0 Å². The maximum Gasteiger partial charge on any atom is 0.312 e. The van der Waals surface area contributed by atoms with Crippen molar-refractivity contribution in [1.82, 2.24) is 4.90 Å². The number of hydrogen-bond acceptors (Lipinski definition) is 4. The zero-order valence-corrected chi connectivity index (χ0v) is 13.1. The summed E-state index contributed by atoms with van der Waals surface area (Å²) in [7, 11) is 0. The van der Waals surface area contributed by atoms with Gasteiger partial charge in [-0.05, 0) is 45.2 Å². The predicted molar refractivity (Wildman–Crippen MR) is 82.9 cm³/mol. The second kappa shape index (κ2) is 5.34. The maximum atomic E-state index is 12.2. The number of para-hydroxylation sites is 1. The third kappa shape index (κ3) is 2.77. The minimum atomic E-state index is -0.444. The van der Waals surface area contributed by atoms with E-state index in [-0.39, 0.29) is 12.2 Å². The van der Waals surface area contributed by atoms with Crippen LogP contribution in [0.1, 0.15) is 45.2 Å². The zero-order valence-electron chi connectivity index (χ0n) is 13.1. The molecule has 0 spiro atoms. The Labute approximate surface area is 126 Å². The van der Waals surface area contributed by atoms with E-state index in [0.29, 0.717) is 6.04 Å². The molecule has 2 aliphatic rings. The molecule has 4 nitrogen and oxygen atoms in total. The van der Waals surface area contributed by atoms with Crippen LogP contribution in [0.5, 0.6) is 0 Å². The quantitative estimate of drug-likeness (QED) is 0.849. The standard InChI is InChI=1S/C17H24N2O2/c1-17(2,3)16(20)21-15-9-6-10-19(15)14-11-18-13-8-5-4-7-12(13)14/h4-5,7-8,14-15,18H,6,9-11H2,1-3H3. The number of likely N-dealkylation sites (tertiary alicyclic amines) is 1. The van der Waals surface area contributed by atoms with Gasteiger partial charge in [-0.25, -0.2) is 0 Å². The molecule has 2 heterocycles. The van der Waals surface area contributed by atoms with E-state index in [2.05, 4.69) is 34.5 Å². The number of carbonyl (C=O) groups is 1. The molecule has 0 bridgehead atoms. The van der Waals surface area contributed by atoms with Crippen molar-refractivity contribution in [2.24, 2.45) is 5.41 Å². The van der Waals surface area contributed by atoms with Crippen LogP contribution in [0.25, 0.3) is 0 Å². The topological polar surface area (TPSA) is 41.6 Å². The third-order valence-electron chi connectivity index (χ3n) is 4.30. The van der Waals surface area contributed by atoms with E-state index in [1.54, 1.807) is 0 Å². The van der Waals surface area contributed by atoms with Crippen molar-refractivity contribution in [3.63, 3.8) is 0 Å². The Morgan fingerprint density at radius 1 is 1.33 bits per heavy atom. The summed E-state index contributed by atoms with van der Waals surface area (Å²) in [5.74, 6) is -0.112. The molecule has 4 heteroatoms. The molecule has 2 unspecified atom stereocenters. The first-order chi connectivity index (χ1) is 9.97. The van der Waals surface area contributed by atoms with Gasteiger partial charge in [-0.2, -0.15) is 0 Å². The van der Waals surface area contributed by atoms with Gasteiger partial charge >= 0.3 is 5.97 Å². The highest BCUT2D eigenvalue weighted by Crippen LogP contribution is 2.38. The first kappa shape index (κ1) is 14.4. The summed E-state index contributed by atoms with van der Waals surface area (Å²) in [5.41, 5.74) is 2.08. The number of esters is 1. The monoisotopic (exact) mass is 288 g/mol. The molecule has 1 saturated heterocycles. The lowest BCUT2D eigenvalue weighted by atomic mass is 9.97. The van der Waals surface area contributed by atoms with Crippen LogP contribution in [0.4, 0.5) is 5.69 Å². The highest BCUT2D eigenvalue weighted by atomic mass is 16.6. The van der Waals surface area contributed by atoms with Crippen molar-refractivity contribution in [2.75, 3.05) is 18.4 Å². The number of rotatable bonds is 2. The Bertz CT molecular complexity index is 536. The summed E-state index contributed by atoms with van der Waals surface area (Å²) >= 11 is 0. The Kier molecular flexibility index (Phi) is 3.66. The van der Waals surface area contributed by atoms with E-state index in [0.717, 1.165) is 25.9 Å². The van der Waals surface area contributed by atoms with Crippen molar-refractivity contribution in [2.45, 2.75) is 45.9 Å². The Morgan fingerprint density at radius 2 is 2.10 bits per heavy atom. The second-order valence-electron chi connectivity index (χ2n) is 6.97. The third-order valence-corrected chi connectivity index (χ3v) is 4.30. The van der Waals surface area contributed by atoms with Gasteiger partial charge in [-0.1, -0.05) is 18.2 Å². The summed E-state index contributed by atoms with van der Waals surface area (Å²) in [6, 6.07) is 8.71. The largest absolute Gasteiger partial charge is 0.446 e. The molecule has 1 fully saturated rings. The van der Waals surface area contributed by atoms with Gasteiger partial charge in [-0.3, -0.25) is 9.69 Å². The Morgan fingerprint density at radius 3 is 2.86 bits per heavy atom. The van der Waals surface area contributed by atoms with Crippen LogP contribution in [0, 0.1) is 5.41 Å². The van der Waals surface area contributed by atoms with Gasteiger partial charge < -0.3 is 10.1 Å². The fraction of sp³-hybridized carbons (Fsp3) is 0.588. The molecular formula is C17H24N2O2. The van der Waals surface area contributed by atoms with E-state index < -0.39 is 5.41 Å². The van der Waals surface area contributed by atoms with Crippen LogP contribution < -0.4 is 5.32 Å². The van der Waals surface area contributed by atoms with Crippen LogP contribution in [0.3, 0.4) is 0 Å². The zero-order chi connectivity index (χ0) is 15.0. The summed E-state index contributed by atoms with van der Waals surface area (Å²) < 4.78 is 5.78. The highest BCUT2D eigenvalue weighted by molar-refractivity contribution is 5.75. The molecule has 114 valence electrons. The molecule has 1 N–H and O–H groups in total. The van der Waals surface area contributed by atoms with Crippen LogP contribution in [0.15, 0.2) is 24.3 Å². The van der Waals surface area contributed by atoms with E-state index in [4.69, 9.17) is 4.74 Å². The molecule has 0 aromatic heterocycles. The van der Waals surface area contributed by atoms with E-state index >= 15 is 0 Å². The van der Waals surface area contributed by atoms with E-state index in [1.807, 2.05) is 20.8 Å². The Balaban J connectivity index is 1.75. The SMILES string of the molecule is CC(C)(C)C(=O)OC1CCCN1C1CNc2ccccc21. The minimum absolute atomic E-state index is 0.0883. The highest BCUT2D eigenvalue weighted by Gasteiger charge is 2.38. The van der Waals surface area contributed by atoms with Gasteiger partial charge in [0, 0.05) is 18.8 Å². The van der Waals surface area contributed by atoms with Crippen molar-refractivity contribution in [3.05, 3.63) is 29.8 Å². The van der Waals surface area contributed by atoms with Gasteiger partial charge in [0.15, 0.2) is 6.23 Å². The predicted octanol–water partition coefficient (Wildman–Crippen LogP) is 3.16. The molecule has 2 atom stereocenters. The fourth-order valence-electron chi connectivity index (χ4n) is 3.10. The normalized spacial score (nSPS) is 25.5. The smallest absolute Gasteiger partial charge is 0.312 e. The van der Waals surface area contributed by atoms with Crippen molar-refractivity contribution >= 4 is 11.7 Å². The van der Waals surface area contributed by atoms with Crippen molar-refractivity contribution < 1.29 is 9.53 Å². The molecule has 1 aromatic rings. The van der Waals surface area contributed by atoms with Gasteiger partial charge in [-0.15, -0.1) is 0 Å². The molecule has 0 saturated carbocycles. The molecule has 3 rings (SSSR count). The number of benzene rings is 1. The fourth-order valence-corrected chi connectivity index (χ4v) is 3.10. The van der Waals surface area contributed by atoms with Gasteiger partial charge in [0.1, 0.15) is 0 Å². The molecule has 0 aliphatic carbocycles. The summed E-state index contributed by atoms with van der Waals surface area (Å²) in [6.07, 6.45) is 1.93. The van der Waals surface area contributed by atoms with Gasteiger partial charge in [0.05, 0.1) is 11.5 Å². The van der Waals surface area contributed by atoms with Gasteiger partial charge in [0.25, 0.3) is 0 Å². The molecule has 2 aliphatic heterocycles. The van der Waals surface area contributed by atoms with E-state index in [1.165, 1.54) is 11.3 Å². The second-order valence-corrected chi connectivity index (χ2v) is 6.97. The molecule has 0 radical (unpaired) electrons. The van der Waals surface area contributed by atoms with Crippen molar-refractivity contribution in [3.8, 4) is 0 Å². The number of ether oxygens (including phenoxy) is 1. The number of hydrogen-bond donors (Lipinski definition) is 1. The number of nitrogens with zero attached hydrogens (tertiary/aromatic N) is 1. The maximum absolute atomic E-state index is 12.2. The summed E-state index contributed by atoms with van der Waals surface area (Å²) in [5, 5.41) is 3.45. The van der Waals surface area contributed by atoms with Crippen LogP contribution in [-0.4, -0.2) is 30.2 Å². The van der Waals surface area contributed by atoms with Crippen molar-refractivity contribution in [1.29, 1.82) is 0 Å². The number of fused-ring (bicyclic) bond motifs is 1. The number of nitrogens with one attached hydrogen (secondary N) is 1. The Hall–Kier alpha value is -1.55. The van der Waals surface area contributed by atoms with Gasteiger partial charge in [0.2, 0.25) is 0 Å². The molecule has 1 aromatic carbocycles. The lowest BCUT2D eigenvalue weighted by Gasteiger charge is -2.31. The van der Waals surface area contributed by atoms with Crippen LogP contribution in [0.2, 0.25) is 0 Å². The molecule has 0 amide bonds. The van der Waals surface area contributed by atoms with Crippen LogP contribution in [-0.2, 0) is 9.53 Å². The van der Waals surface area contributed by atoms with E-state index in [9.17, 15) is 4.79 Å². The molecular weight excluding hydrogens is 264 g/mol.